The third-order valence-electron chi connectivity index (χ3n) is 5.07. The third-order valence-corrected chi connectivity index (χ3v) is 5.07. The number of likely N-dealkylation sites (tertiary alicyclic amines) is 1. The summed E-state index contributed by atoms with van der Waals surface area (Å²) in [6, 6.07) is 11.8. The van der Waals surface area contributed by atoms with Gasteiger partial charge in [0.25, 0.3) is 0 Å². The standard InChI is InChI=1S/C18H26N4O/c1-19-18(20-15-7-8-15)22-12-16-17(13-22)23-10-9-21(16)11-14-5-3-2-4-6-14/h2-6,15-17H,7-13H2,1H3,(H,19,20). The van der Waals surface area contributed by atoms with E-state index in [1.807, 2.05) is 7.05 Å². The van der Waals surface area contributed by atoms with Crippen molar-refractivity contribution in [2.24, 2.45) is 4.99 Å². The maximum absolute atomic E-state index is 6.05. The van der Waals surface area contributed by atoms with Crippen LogP contribution in [0.25, 0.3) is 0 Å². The first-order valence-electron chi connectivity index (χ1n) is 8.71. The number of guanidine groups is 1. The number of benzene rings is 1. The fourth-order valence-electron chi connectivity index (χ4n) is 3.65. The number of nitrogens with one attached hydrogen (secondary N) is 1. The minimum atomic E-state index is 0.296. The quantitative estimate of drug-likeness (QED) is 0.674. The number of nitrogens with zero attached hydrogens (tertiary/aromatic N) is 3. The second-order valence-corrected chi connectivity index (χ2v) is 6.80. The molecular formula is C18H26N4O. The molecule has 2 saturated heterocycles. The SMILES string of the molecule is CN=C(NC1CC1)N1CC2OCCN(Cc3ccccc3)C2C1. The molecule has 0 aromatic heterocycles. The number of ether oxygens (including phenoxy) is 1. The van der Waals surface area contributed by atoms with Crippen molar-refractivity contribution in [2.75, 3.05) is 33.3 Å². The van der Waals surface area contributed by atoms with Crippen molar-refractivity contribution in [1.82, 2.24) is 15.1 Å². The molecule has 5 heteroatoms. The highest BCUT2D eigenvalue weighted by atomic mass is 16.5. The molecule has 0 bridgehead atoms. The summed E-state index contributed by atoms with van der Waals surface area (Å²) in [5, 5.41) is 3.56. The van der Waals surface area contributed by atoms with Crippen LogP contribution < -0.4 is 5.32 Å². The molecule has 124 valence electrons. The van der Waals surface area contributed by atoms with Gasteiger partial charge in [-0.05, 0) is 18.4 Å². The second-order valence-electron chi connectivity index (χ2n) is 6.80. The molecule has 5 nitrogen and oxygen atoms in total. The topological polar surface area (TPSA) is 40.1 Å². The summed E-state index contributed by atoms with van der Waals surface area (Å²) < 4.78 is 6.05. The van der Waals surface area contributed by atoms with Crippen LogP contribution >= 0.6 is 0 Å². The van der Waals surface area contributed by atoms with Gasteiger partial charge in [-0.2, -0.15) is 0 Å². The lowest BCUT2D eigenvalue weighted by atomic mass is 10.1. The first-order valence-corrected chi connectivity index (χ1v) is 8.71. The lowest BCUT2D eigenvalue weighted by Gasteiger charge is -2.36. The maximum atomic E-state index is 6.05. The molecule has 3 fully saturated rings. The zero-order chi connectivity index (χ0) is 15.6. The molecule has 3 aliphatic rings. The van der Waals surface area contributed by atoms with Gasteiger partial charge in [0.15, 0.2) is 5.96 Å². The first-order chi connectivity index (χ1) is 11.3. The van der Waals surface area contributed by atoms with Crippen LogP contribution in [0.4, 0.5) is 0 Å². The number of hydrogen-bond acceptors (Lipinski definition) is 3. The predicted octanol–water partition coefficient (Wildman–Crippen LogP) is 1.31. The van der Waals surface area contributed by atoms with Gasteiger partial charge in [-0.1, -0.05) is 30.3 Å². The lowest BCUT2D eigenvalue weighted by molar-refractivity contribution is -0.0502. The first kappa shape index (κ1) is 15.0. The minimum Gasteiger partial charge on any atom is -0.373 e. The summed E-state index contributed by atoms with van der Waals surface area (Å²) >= 11 is 0. The van der Waals surface area contributed by atoms with E-state index in [2.05, 4.69) is 50.4 Å². The van der Waals surface area contributed by atoms with Crippen LogP contribution in [0.15, 0.2) is 35.3 Å². The van der Waals surface area contributed by atoms with Crippen LogP contribution in [-0.2, 0) is 11.3 Å². The van der Waals surface area contributed by atoms with E-state index in [0.717, 1.165) is 38.7 Å². The molecule has 1 N–H and O–H groups in total. The summed E-state index contributed by atoms with van der Waals surface area (Å²) in [5.74, 6) is 1.05. The van der Waals surface area contributed by atoms with Crippen LogP contribution in [0.5, 0.6) is 0 Å². The highest BCUT2D eigenvalue weighted by Crippen LogP contribution is 2.26. The summed E-state index contributed by atoms with van der Waals surface area (Å²) in [6.45, 7) is 4.80. The van der Waals surface area contributed by atoms with E-state index in [0.29, 0.717) is 18.2 Å². The van der Waals surface area contributed by atoms with Crippen molar-refractivity contribution < 1.29 is 4.74 Å². The number of aliphatic imine (C=N–C) groups is 1. The van der Waals surface area contributed by atoms with Gasteiger partial charge in [-0.3, -0.25) is 9.89 Å². The van der Waals surface area contributed by atoms with E-state index in [4.69, 9.17) is 4.74 Å². The van der Waals surface area contributed by atoms with E-state index in [1.54, 1.807) is 0 Å². The zero-order valence-electron chi connectivity index (χ0n) is 13.8. The summed E-state index contributed by atoms with van der Waals surface area (Å²) in [7, 11) is 1.88. The van der Waals surface area contributed by atoms with E-state index < -0.39 is 0 Å². The second kappa shape index (κ2) is 6.49. The molecule has 1 aliphatic carbocycles. The van der Waals surface area contributed by atoms with Gasteiger partial charge >= 0.3 is 0 Å². The summed E-state index contributed by atoms with van der Waals surface area (Å²) in [5.41, 5.74) is 1.38. The molecule has 23 heavy (non-hydrogen) atoms. The van der Waals surface area contributed by atoms with Crippen molar-refractivity contribution in [3.63, 3.8) is 0 Å². The summed E-state index contributed by atoms with van der Waals surface area (Å²) in [4.78, 5) is 9.42. The highest BCUT2D eigenvalue weighted by Gasteiger charge is 2.41. The van der Waals surface area contributed by atoms with Gasteiger partial charge in [0.1, 0.15) is 0 Å². The predicted molar refractivity (Wildman–Crippen MR) is 91.5 cm³/mol. The Bertz CT molecular complexity index is 557. The Labute approximate surface area is 138 Å². The smallest absolute Gasteiger partial charge is 0.194 e. The molecule has 2 aliphatic heterocycles. The Kier molecular flexibility index (Phi) is 4.23. The summed E-state index contributed by atoms with van der Waals surface area (Å²) in [6.07, 6.45) is 2.84. The Morgan fingerprint density at radius 2 is 2.09 bits per heavy atom. The van der Waals surface area contributed by atoms with Crippen molar-refractivity contribution in [1.29, 1.82) is 0 Å². The Morgan fingerprint density at radius 1 is 1.26 bits per heavy atom. The van der Waals surface area contributed by atoms with Gasteiger partial charge < -0.3 is 15.0 Å². The Balaban J connectivity index is 1.43. The highest BCUT2D eigenvalue weighted by molar-refractivity contribution is 5.81. The molecule has 0 amide bonds. The molecule has 2 heterocycles. The van der Waals surface area contributed by atoms with E-state index in [1.165, 1.54) is 18.4 Å². The molecule has 0 spiro atoms. The van der Waals surface area contributed by atoms with Crippen LogP contribution in [0.1, 0.15) is 18.4 Å². The maximum Gasteiger partial charge on any atom is 0.194 e. The van der Waals surface area contributed by atoms with Crippen LogP contribution in [-0.4, -0.2) is 67.2 Å². The van der Waals surface area contributed by atoms with E-state index in [-0.39, 0.29) is 0 Å². The van der Waals surface area contributed by atoms with Crippen LogP contribution in [0, 0.1) is 0 Å². The van der Waals surface area contributed by atoms with Crippen molar-refractivity contribution >= 4 is 5.96 Å². The van der Waals surface area contributed by atoms with Gasteiger partial charge in [0, 0.05) is 39.3 Å². The molecule has 2 atom stereocenters. The molecular weight excluding hydrogens is 288 g/mol. The van der Waals surface area contributed by atoms with E-state index >= 15 is 0 Å². The number of fused-ring (bicyclic) bond motifs is 1. The molecule has 4 rings (SSSR count). The Hall–Kier alpha value is -1.59. The Morgan fingerprint density at radius 3 is 2.83 bits per heavy atom. The molecule has 0 radical (unpaired) electrons. The van der Waals surface area contributed by atoms with Gasteiger partial charge in [0.2, 0.25) is 0 Å². The zero-order valence-corrected chi connectivity index (χ0v) is 13.8. The van der Waals surface area contributed by atoms with E-state index in [9.17, 15) is 0 Å². The van der Waals surface area contributed by atoms with Crippen molar-refractivity contribution in [2.45, 2.75) is 37.6 Å². The van der Waals surface area contributed by atoms with Crippen LogP contribution in [0.3, 0.4) is 0 Å². The van der Waals surface area contributed by atoms with Gasteiger partial charge in [-0.25, -0.2) is 0 Å². The normalized spacial score (nSPS) is 28.7. The number of rotatable bonds is 3. The fraction of sp³-hybridized carbons (Fsp3) is 0.611. The number of hydrogen-bond donors (Lipinski definition) is 1. The molecule has 1 saturated carbocycles. The van der Waals surface area contributed by atoms with Crippen molar-refractivity contribution in [3.05, 3.63) is 35.9 Å². The fourth-order valence-corrected chi connectivity index (χ4v) is 3.65. The lowest BCUT2D eigenvalue weighted by Crippen LogP contribution is -2.50. The van der Waals surface area contributed by atoms with Crippen LogP contribution in [0.2, 0.25) is 0 Å². The molecule has 2 unspecified atom stereocenters. The van der Waals surface area contributed by atoms with Crippen molar-refractivity contribution in [3.8, 4) is 0 Å². The molecule has 1 aromatic carbocycles. The molecule has 1 aromatic rings. The average Bonchev–Trinajstić information content (AvgIpc) is 3.30. The van der Waals surface area contributed by atoms with Gasteiger partial charge in [0.05, 0.1) is 18.8 Å². The van der Waals surface area contributed by atoms with Gasteiger partial charge in [-0.15, -0.1) is 0 Å². The third kappa shape index (κ3) is 3.35. The largest absolute Gasteiger partial charge is 0.373 e. The monoisotopic (exact) mass is 314 g/mol. The average molecular weight is 314 g/mol. The number of morpholine rings is 1. The minimum absolute atomic E-state index is 0.296.